The van der Waals surface area contributed by atoms with Crippen molar-refractivity contribution < 1.29 is 9.53 Å². The maximum atomic E-state index is 13.1. The molecule has 1 unspecified atom stereocenters. The Bertz CT molecular complexity index is 1010. The number of ether oxygens (including phenoxy) is 1. The Morgan fingerprint density at radius 1 is 0.914 bits per heavy atom. The number of hydrogen-bond donors (Lipinski definition) is 2. The summed E-state index contributed by atoms with van der Waals surface area (Å²) in [6.07, 6.45) is 3.37. The normalized spacial score (nSPS) is 26.8. The van der Waals surface area contributed by atoms with Gasteiger partial charge >= 0.3 is 6.03 Å². The summed E-state index contributed by atoms with van der Waals surface area (Å²) in [5, 5.41) is 6.62. The quantitative estimate of drug-likeness (QED) is 0.662. The topological polar surface area (TPSA) is 56.8 Å². The van der Waals surface area contributed by atoms with Crippen LogP contribution in [0.2, 0.25) is 0 Å². The molecule has 0 radical (unpaired) electrons. The average Bonchev–Trinajstić information content (AvgIpc) is 3.12. The molecule has 2 N–H and O–H groups in total. The minimum Gasteiger partial charge on any atom is -0.378 e. The molecule has 2 aromatic carbocycles. The van der Waals surface area contributed by atoms with Gasteiger partial charge in [-0.25, -0.2) is 4.79 Å². The smallest absolute Gasteiger partial charge is 0.315 e. The predicted molar refractivity (Wildman–Crippen MR) is 142 cm³/mol. The molecule has 0 aromatic heterocycles. The van der Waals surface area contributed by atoms with Gasteiger partial charge in [0.1, 0.15) is 0 Å². The standard InChI is InChI=1S/C29H40N4O2/c1-28(2,30-27(34)31-29(3)14-17-32-15-12-25(29)13-16-32)24-8-4-22(5-9-24)23-6-10-26(11-7-23)33-18-20-35-21-19-33/h4-11,25H,12-21H2,1-3H3,(H2,30,31,34). The molecule has 4 aliphatic heterocycles. The van der Waals surface area contributed by atoms with Crippen molar-refractivity contribution in [3.05, 3.63) is 54.1 Å². The Hall–Kier alpha value is -2.57. The predicted octanol–water partition coefficient (Wildman–Crippen LogP) is 4.60. The fourth-order valence-corrected chi connectivity index (χ4v) is 5.96. The van der Waals surface area contributed by atoms with E-state index in [2.05, 4.69) is 89.7 Å². The SMILES string of the molecule is CC(C)(NC(=O)NC1(C)CCN2CCC1CC2)c1ccc(-c2ccc(N3CCOCC3)cc2)cc1. The molecule has 2 aromatic rings. The summed E-state index contributed by atoms with van der Waals surface area (Å²) in [7, 11) is 0. The van der Waals surface area contributed by atoms with Crippen LogP contribution in [0.4, 0.5) is 10.5 Å². The summed E-state index contributed by atoms with van der Waals surface area (Å²) in [5.74, 6) is 0.559. The van der Waals surface area contributed by atoms with Gasteiger partial charge in [-0.15, -0.1) is 0 Å². The van der Waals surface area contributed by atoms with Gasteiger partial charge < -0.3 is 25.2 Å². The number of nitrogens with zero attached hydrogens (tertiary/aromatic N) is 2. The van der Waals surface area contributed by atoms with E-state index in [0.717, 1.165) is 57.9 Å². The highest BCUT2D eigenvalue weighted by Crippen LogP contribution is 2.35. The Labute approximate surface area is 210 Å². The van der Waals surface area contributed by atoms with Crippen molar-refractivity contribution in [1.82, 2.24) is 15.5 Å². The molecule has 0 spiro atoms. The van der Waals surface area contributed by atoms with Crippen molar-refractivity contribution in [1.29, 1.82) is 0 Å². The second kappa shape index (κ2) is 9.82. The highest BCUT2D eigenvalue weighted by Gasteiger charge is 2.41. The van der Waals surface area contributed by atoms with Gasteiger partial charge in [-0.05, 0) is 87.9 Å². The van der Waals surface area contributed by atoms with E-state index < -0.39 is 5.54 Å². The number of hydrogen-bond acceptors (Lipinski definition) is 4. The minimum absolute atomic E-state index is 0.0689. The average molecular weight is 477 g/mol. The second-order valence-electron chi connectivity index (χ2n) is 11.2. The van der Waals surface area contributed by atoms with E-state index in [-0.39, 0.29) is 11.6 Å². The second-order valence-corrected chi connectivity index (χ2v) is 11.2. The molecule has 6 heteroatoms. The van der Waals surface area contributed by atoms with Crippen LogP contribution in [0.1, 0.15) is 45.6 Å². The number of amides is 2. The van der Waals surface area contributed by atoms with Crippen LogP contribution in [0.5, 0.6) is 0 Å². The van der Waals surface area contributed by atoms with Crippen LogP contribution in [0.25, 0.3) is 11.1 Å². The highest BCUT2D eigenvalue weighted by molar-refractivity contribution is 5.76. The lowest BCUT2D eigenvalue weighted by Crippen LogP contribution is -2.57. The number of carbonyl (C=O) groups is 1. The monoisotopic (exact) mass is 476 g/mol. The van der Waals surface area contributed by atoms with Crippen LogP contribution in [-0.4, -0.2) is 62.4 Å². The number of fused-ring (bicyclic) bond motifs is 4. The summed E-state index contributed by atoms with van der Waals surface area (Å²) in [6, 6.07) is 17.3. The van der Waals surface area contributed by atoms with Crippen molar-refractivity contribution in [3.8, 4) is 11.1 Å². The zero-order valence-corrected chi connectivity index (χ0v) is 21.5. The number of urea groups is 1. The van der Waals surface area contributed by atoms with Crippen molar-refractivity contribution in [2.24, 2.45) is 5.92 Å². The highest BCUT2D eigenvalue weighted by atomic mass is 16.5. The van der Waals surface area contributed by atoms with E-state index in [1.807, 2.05) is 0 Å². The van der Waals surface area contributed by atoms with Crippen LogP contribution in [0.3, 0.4) is 0 Å². The van der Waals surface area contributed by atoms with Crippen LogP contribution >= 0.6 is 0 Å². The third-order valence-electron chi connectivity index (χ3n) is 8.44. The van der Waals surface area contributed by atoms with Crippen molar-refractivity contribution in [2.45, 2.75) is 51.1 Å². The molecule has 0 saturated carbocycles. The number of carbonyl (C=O) groups excluding carboxylic acids is 1. The number of benzene rings is 2. The van der Waals surface area contributed by atoms with Crippen molar-refractivity contribution in [2.75, 3.05) is 50.8 Å². The van der Waals surface area contributed by atoms with Gasteiger partial charge in [0.2, 0.25) is 0 Å². The molecular weight excluding hydrogens is 436 g/mol. The molecular formula is C29H40N4O2. The zero-order valence-electron chi connectivity index (χ0n) is 21.5. The van der Waals surface area contributed by atoms with Gasteiger partial charge in [0.15, 0.2) is 0 Å². The van der Waals surface area contributed by atoms with Crippen LogP contribution in [-0.2, 0) is 10.3 Å². The minimum atomic E-state index is -0.467. The third kappa shape index (κ3) is 5.34. The Balaban J connectivity index is 1.22. The zero-order chi connectivity index (χ0) is 24.5. The third-order valence-corrected chi connectivity index (χ3v) is 8.44. The van der Waals surface area contributed by atoms with Gasteiger partial charge in [-0.1, -0.05) is 36.4 Å². The molecule has 4 aliphatic rings. The molecule has 35 heavy (non-hydrogen) atoms. The molecule has 4 fully saturated rings. The summed E-state index contributed by atoms with van der Waals surface area (Å²) in [6.45, 7) is 13.3. The van der Waals surface area contributed by atoms with E-state index in [9.17, 15) is 4.79 Å². The molecule has 1 atom stereocenters. The van der Waals surface area contributed by atoms with Gasteiger partial charge in [-0.3, -0.25) is 0 Å². The van der Waals surface area contributed by atoms with E-state index in [1.54, 1.807) is 0 Å². The first-order valence-electron chi connectivity index (χ1n) is 13.2. The van der Waals surface area contributed by atoms with Gasteiger partial charge in [-0.2, -0.15) is 0 Å². The lowest BCUT2D eigenvalue weighted by molar-refractivity contribution is 0.122. The molecule has 4 heterocycles. The Morgan fingerprint density at radius 3 is 2.14 bits per heavy atom. The molecule has 4 saturated heterocycles. The first-order valence-corrected chi connectivity index (χ1v) is 13.2. The van der Waals surface area contributed by atoms with Crippen LogP contribution < -0.4 is 15.5 Å². The van der Waals surface area contributed by atoms with Crippen molar-refractivity contribution >= 4 is 11.7 Å². The molecule has 2 bridgehead atoms. The van der Waals surface area contributed by atoms with Crippen molar-refractivity contribution in [3.63, 3.8) is 0 Å². The lowest BCUT2D eigenvalue weighted by Gasteiger charge is -2.39. The first-order chi connectivity index (χ1) is 16.8. The van der Waals surface area contributed by atoms with E-state index in [4.69, 9.17) is 4.74 Å². The van der Waals surface area contributed by atoms with Gasteiger partial charge in [0, 0.05) is 30.9 Å². The molecule has 6 nitrogen and oxygen atoms in total. The molecule has 2 amide bonds. The summed E-state index contributed by atoms with van der Waals surface area (Å²) in [4.78, 5) is 18.0. The molecule has 0 aliphatic carbocycles. The Kier molecular flexibility index (Phi) is 6.78. The van der Waals surface area contributed by atoms with Gasteiger partial charge in [0.25, 0.3) is 0 Å². The summed E-state index contributed by atoms with van der Waals surface area (Å²) < 4.78 is 5.46. The maximum absolute atomic E-state index is 13.1. The van der Waals surface area contributed by atoms with Crippen LogP contribution in [0, 0.1) is 5.92 Å². The lowest BCUT2D eigenvalue weighted by atomic mass is 9.79. The number of piperidine rings is 1. The van der Waals surface area contributed by atoms with E-state index in [1.165, 1.54) is 29.7 Å². The maximum Gasteiger partial charge on any atom is 0.315 e. The number of morpholine rings is 1. The first kappa shape index (κ1) is 24.1. The van der Waals surface area contributed by atoms with Gasteiger partial charge in [0.05, 0.1) is 18.8 Å². The number of nitrogens with one attached hydrogen (secondary N) is 2. The van der Waals surface area contributed by atoms with E-state index in [0.29, 0.717) is 5.92 Å². The number of rotatable bonds is 5. The largest absolute Gasteiger partial charge is 0.378 e. The molecule has 6 rings (SSSR count). The Morgan fingerprint density at radius 2 is 1.51 bits per heavy atom. The number of anilines is 1. The fourth-order valence-electron chi connectivity index (χ4n) is 5.96. The molecule has 188 valence electrons. The summed E-state index contributed by atoms with van der Waals surface area (Å²) >= 11 is 0. The fraction of sp³-hybridized carbons (Fsp3) is 0.552. The van der Waals surface area contributed by atoms with Crippen LogP contribution in [0.15, 0.2) is 48.5 Å². The van der Waals surface area contributed by atoms with E-state index >= 15 is 0 Å². The summed E-state index contributed by atoms with van der Waals surface area (Å²) in [5.41, 5.74) is 4.12.